The van der Waals surface area contributed by atoms with Gasteiger partial charge in [-0.25, -0.2) is 4.79 Å². The number of benzene rings is 2. The quantitative estimate of drug-likeness (QED) is 0.324. The summed E-state index contributed by atoms with van der Waals surface area (Å²) in [4.78, 5) is 40.3. The van der Waals surface area contributed by atoms with Crippen molar-refractivity contribution in [1.82, 2.24) is 4.90 Å². The minimum atomic E-state index is -0.770. The highest BCUT2D eigenvalue weighted by atomic mass is 16.6. The van der Waals surface area contributed by atoms with E-state index in [9.17, 15) is 19.7 Å². The summed E-state index contributed by atoms with van der Waals surface area (Å²) >= 11 is 0. The standard InChI is InChI=1S/C26H31N3O7/c1-17-5-4-9-27(14-17)21-7-6-19(11-22(21)29(32)33)26(31)36-16-25(30)28-10-8-18-12-23(34-2)24(35-3)13-20(18)15-28/h6-7,11-13,17H,4-5,8-10,14-16H2,1-3H3. The number of hydrogen-bond donors (Lipinski definition) is 0. The number of fused-ring (bicyclic) bond motifs is 1. The number of methoxy groups -OCH3 is 2. The molecule has 1 unspecified atom stereocenters. The number of nitro benzene ring substituents is 1. The average Bonchev–Trinajstić information content (AvgIpc) is 2.89. The van der Waals surface area contributed by atoms with Crippen LogP contribution in [0.5, 0.6) is 11.5 Å². The van der Waals surface area contributed by atoms with Crippen LogP contribution < -0.4 is 14.4 Å². The second kappa shape index (κ2) is 10.8. The first kappa shape index (κ1) is 25.3. The van der Waals surface area contributed by atoms with E-state index in [1.165, 1.54) is 12.1 Å². The summed E-state index contributed by atoms with van der Waals surface area (Å²) < 4.78 is 15.9. The third-order valence-electron chi connectivity index (χ3n) is 6.80. The Hall–Kier alpha value is -3.82. The lowest BCUT2D eigenvalue weighted by atomic mass is 9.99. The lowest BCUT2D eigenvalue weighted by Gasteiger charge is -2.32. The minimum Gasteiger partial charge on any atom is -0.493 e. The number of anilines is 1. The summed E-state index contributed by atoms with van der Waals surface area (Å²) in [5, 5.41) is 11.7. The highest BCUT2D eigenvalue weighted by Gasteiger charge is 2.27. The van der Waals surface area contributed by atoms with E-state index in [1.54, 1.807) is 25.2 Å². The molecule has 1 amide bonds. The number of piperidine rings is 1. The molecule has 2 aliphatic rings. The van der Waals surface area contributed by atoms with Crippen LogP contribution in [0.4, 0.5) is 11.4 Å². The van der Waals surface area contributed by atoms with Crippen molar-refractivity contribution in [2.45, 2.75) is 32.7 Å². The maximum atomic E-state index is 12.8. The van der Waals surface area contributed by atoms with Crippen molar-refractivity contribution in [3.05, 3.63) is 57.1 Å². The Morgan fingerprint density at radius 1 is 1.08 bits per heavy atom. The molecule has 192 valence electrons. The number of carbonyl (C=O) groups excluding carboxylic acids is 2. The van der Waals surface area contributed by atoms with Crippen molar-refractivity contribution in [2.75, 3.05) is 45.4 Å². The van der Waals surface area contributed by atoms with Gasteiger partial charge in [0.15, 0.2) is 18.1 Å². The molecular formula is C26H31N3O7. The van der Waals surface area contributed by atoms with Gasteiger partial charge in [-0.3, -0.25) is 14.9 Å². The minimum absolute atomic E-state index is 0.0455. The first-order valence-electron chi connectivity index (χ1n) is 12.0. The average molecular weight is 498 g/mol. The number of nitro groups is 1. The van der Waals surface area contributed by atoms with E-state index in [-0.39, 0.29) is 17.2 Å². The van der Waals surface area contributed by atoms with Gasteiger partial charge in [-0.15, -0.1) is 0 Å². The molecule has 10 heteroatoms. The fourth-order valence-electron chi connectivity index (χ4n) is 4.87. The van der Waals surface area contributed by atoms with Crippen LogP contribution in [0.25, 0.3) is 0 Å². The topological polar surface area (TPSA) is 111 Å². The molecule has 10 nitrogen and oxygen atoms in total. The van der Waals surface area contributed by atoms with Crippen LogP contribution in [0, 0.1) is 16.0 Å². The first-order chi connectivity index (χ1) is 17.3. The summed E-state index contributed by atoms with van der Waals surface area (Å²) in [7, 11) is 3.13. The van der Waals surface area contributed by atoms with E-state index >= 15 is 0 Å². The molecule has 0 N–H and O–H groups in total. The van der Waals surface area contributed by atoms with Gasteiger partial charge in [-0.2, -0.15) is 0 Å². The fourth-order valence-corrected chi connectivity index (χ4v) is 4.87. The van der Waals surface area contributed by atoms with Gasteiger partial charge in [0.05, 0.1) is 24.7 Å². The molecule has 0 spiro atoms. The summed E-state index contributed by atoms with van der Waals surface area (Å²) in [6.07, 6.45) is 2.69. The molecule has 2 aromatic carbocycles. The van der Waals surface area contributed by atoms with Crippen molar-refractivity contribution in [1.29, 1.82) is 0 Å². The lowest BCUT2D eigenvalue weighted by molar-refractivity contribution is -0.384. The Labute approximate surface area is 209 Å². The molecule has 2 heterocycles. The second-order valence-electron chi connectivity index (χ2n) is 9.27. The monoisotopic (exact) mass is 497 g/mol. The normalized spacial score (nSPS) is 17.2. The van der Waals surface area contributed by atoms with Crippen molar-refractivity contribution in [3.63, 3.8) is 0 Å². The van der Waals surface area contributed by atoms with E-state index in [1.807, 2.05) is 17.0 Å². The van der Waals surface area contributed by atoms with Gasteiger partial charge in [-0.1, -0.05) is 6.92 Å². The zero-order valence-electron chi connectivity index (χ0n) is 20.8. The Morgan fingerprint density at radius 2 is 1.81 bits per heavy atom. The zero-order chi connectivity index (χ0) is 25.8. The molecule has 2 aromatic rings. The Balaban J connectivity index is 1.40. The van der Waals surface area contributed by atoms with Crippen molar-refractivity contribution >= 4 is 23.3 Å². The van der Waals surface area contributed by atoms with Crippen LogP contribution in [-0.4, -0.2) is 62.2 Å². The van der Waals surface area contributed by atoms with Gasteiger partial charge in [0, 0.05) is 32.2 Å². The number of amides is 1. The number of nitrogens with zero attached hydrogens (tertiary/aromatic N) is 3. The molecule has 0 aliphatic carbocycles. The molecule has 0 saturated carbocycles. The Morgan fingerprint density at radius 3 is 2.47 bits per heavy atom. The highest BCUT2D eigenvalue weighted by molar-refractivity contribution is 5.93. The number of rotatable bonds is 7. The van der Waals surface area contributed by atoms with Crippen molar-refractivity contribution in [2.24, 2.45) is 5.92 Å². The van der Waals surface area contributed by atoms with Crippen molar-refractivity contribution < 1.29 is 28.7 Å². The van der Waals surface area contributed by atoms with E-state index < -0.39 is 17.5 Å². The van der Waals surface area contributed by atoms with Gasteiger partial charge >= 0.3 is 5.97 Å². The first-order valence-corrected chi connectivity index (χ1v) is 12.0. The summed E-state index contributed by atoms with van der Waals surface area (Å²) in [6, 6.07) is 8.11. The van der Waals surface area contributed by atoms with E-state index in [2.05, 4.69) is 6.92 Å². The Bertz CT molecular complexity index is 1170. The number of ether oxygens (including phenoxy) is 3. The summed E-state index contributed by atoms with van der Waals surface area (Å²) in [5.41, 5.74) is 2.42. The van der Waals surface area contributed by atoms with E-state index in [0.717, 1.165) is 37.1 Å². The SMILES string of the molecule is COc1cc2c(cc1OC)CN(C(=O)COC(=O)c1ccc(N3CCCC(C)C3)c([N+](=O)[O-])c1)CC2. The molecule has 2 aliphatic heterocycles. The molecule has 1 saturated heterocycles. The third kappa shape index (κ3) is 5.37. The molecule has 4 rings (SSSR count). The summed E-state index contributed by atoms with van der Waals surface area (Å²) in [6.45, 7) is 3.99. The van der Waals surface area contributed by atoms with E-state index in [4.69, 9.17) is 14.2 Å². The number of hydrogen-bond acceptors (Lipinski definition) is 8. The number of carbonyl (C=O) groups is 2. The van der Waals surface area contributed by atoms with Crippen LogP contribution in [-0.2, 0) is 22.5 Å². The van der Waals surface area contributed by atoms with Crippen LogP contribution in [0.2, 0.25) is 0 Å². The van der Waals surface area contributed by atoms with E-state index in [0.29, 0.717) is 42.6 Å². The third-order valence-corrected chi connectivity index (χ3v) is 6.80. The molecule has 36 heavy (non-hydrogen) atoms. The predicted molar refractivity (Wildman–Crippen MR) is 133 cm³/mol. The molecular weight excluding hydrogens is 466 g/mol. The molecule has 1 fully saturated rings. The highest BCUT2D eigenvalue weighted by Crippen LogP contribution is 2.34. The molecule has 0 aromatic heterocycles. The zero-order valence-corrected chi connectivity index (χ0v) is 20.8. The fraction of sp³-hybridized carbons (Fsp3) is 0.462. The molecule has 0 bridgehead atoms. The van der Waals surface area contributed by atoms with Gasteiger partial charge in [-0.05, 0) is 60.6 Å². The van der Waals surface area contributed by atoms with Gasteiger partial charge < -0.3 is 24.0 Å². The van der Waals surface area contributed by atoms with Crippen LogP contribution >= 0.6 is 0 Å². The van der Waals surface area contributed by atoms with Crippen LogP contribution in [0.1, 0.15) is 41.3 Å². The lowest BCUT2D eigenvalue weighted by Crippen LogP contribution is -2.38. The van der Waals surface area contributed by atoms with Crippen molar-refractivity contribution in [3.8, 4) is 11.5 Å². The number of esters is 1. The largest absolute Gasteiger partial charge is 0.493 e. The summed E-state index contributed by atoms with van der Waals surface area (Å²) in [5.74, 6) is 0.561. The molecule has 0 radical (unpaired) electrons. The maximum absolute atomic E-state index is 12.8. The van der Waals surface area contributed by atoms with Gasteiger partial charge in [0.25, 0.3) is 11.6 Å². The van der Waals surface area contributed by atoms with Gasteiger partial charge in [0.1, 0.15) is 5.69 Å². The van der Waals surface area contributed by atoms with Crippen LogP contribution in [0.3, 0.4) is 0 Å². The molecule has 1 atom stereocenters. The maximum Gasteiger partial charge on any atom is 0.338 e. The predicted octanol–water partition coefficient (Wildman–Crippen LogP) is 3.59. The van der Waals surface area contributed by atoms with Crippen LogP contribution in [0.15, 0.2) is 30.3 Å². The second-order valence-corrected chi connectivity index (χ2v) is 9.27. The van der Waals surface area contributed by atoms with Gasteiger partial charge in [0.2, 0.25) is 0 Å². The smallest absolute Gasteiger partial charge is 0.338 e. The Kier molecular flexibility index (Phi) is 7.61.